The Hall–Kier alpha value is -2.68. The molecule has 2 aromatic rings. The first-order valence-corrected chi connectivity index (χ1v) is 10.9. The van der Waals surface area contributed by atoms with Crippen LogP contribution in [0.1, 0.15) is 30.6 Å². The van der Waals surface area contributed by atoms with Crippen LogP contribution in [0.5, 0.6) is 0 Å². The van der Waals surface area contributed by atoms with Gasteiger partial charge in [-0.25, -0.2) is 17.9 Å². The molecule has 1 amide bonds. The summed E-state index contributed by atoms with van der Waals surface area (Å²) in [5, 5.41) is 4.12. The Balaban J connectivity index is 1.63. The maximum Gasteiger partial charge on any atom is 0.338 e. The summed E-state index contributed by atoms with van der Waals surface area (Å²) in [5.74, 6) is -0.950. The summed E-state index contributed by atoms with van der Waals surface area (Å²) in [6.45, 7) is 3.65. The maximum atomic E-state index is 12.7. The van der Waals surface area contributed by atoms with Crippen LogP contribution in [0.3, 0.4) is 0 Å². The first-order chi connectivity index (χ1) is 13.3. The molecule has 0 saturated carbocycles. The van der Waals surface area contributed by atoms with Crippen LogP contribution >= 0.6 is 0 Å². The highest BCUT2D eigenvalue weighted by atomic mass is 32.2. The van der Waals surface area contributed by atoms with Crippen molar-refractivity contribution in [3.63, 3.8) is 0 Å². The fraction of sp³-hybridized carbons (Fsp3) is 0.421. The molecular weight excluding hydrogens is 382 g/mol. The summed E-state index contributed by atoms with van der Waals surface area (Å²) in [6.07, 6.45) is 2.86. The third-order valence-electron chi connectivity index (χ3n) is 4.78. The van der Waals surface area contributed by atoms with E-state index in [9.17, 15) is 18.0 Å². The second-order valence-corrected chi connectivity index (χ2v) is 8.95. The summed E-state index contributed by atoms with van der Waals surface area (Å²) < 4.78 is 30.4. The van der Waals surface area contributed by atoms with Gasteiger partial charge in [-0.05, 0) is 50.6 Å². The molecule has 150 valence electrons. The highest BCUT2D eigenvalue weighted by molar-refractivity contribution is 7.91. The van der Waals surface area contributed by atoms with E-state index < -0.39 is 21.9 Å². The summed E-state index contributed by atoms with van der Waals surface area (Å²) in [5.41, 5.74) is 1.12. The molecule has 9 heteroatoms. The number of hydrogen-bond acceptors (Lipinski definition) is 6. The van der Waals surface area contributed by atoms with E-state index in [2.05, 4.69) is 5.10 Å². The van der Waals surface area contributed by atoms with Gasteiger partial charge in [0.2, 0.25) is 0 Å². The van der Waals surface area contributed by atoms with E-state index in [4.69, 9.17) is 4.74 Å². The van der Waals surface area contributed by atoms with E-state index in [0.29, 0.717) is 18.5 Å². The Kier molecular flexibility index (Phi) is 5.83. The average molecular weight is 405 g/mol. The van der Waals surface area contributed by atoms with Crippen LogP contribution < -0.4 is 0 Å². The molecule has 1 aliphatic rings. The Bertz CT molecular complexity index is 938. The number of ether oxygens (including phenoxy) is 1. The van der Waals surface area contributed by atoms with Crippen molar-refractivity contribution in [3.8, 4) is 5.69 Å². The molecule has 0 unspecified atom stereocenters. The van der Waals surface area contributed by atoms with Crippen molar-refractivity contribution in [2.24, 2.45) is 0 Å². The smallest absolute Gasteiger partial charge is 0.338 e. The largest absolute Gasteiger partial charge is 0.449 e. The number of sulfone groups is 1. The highest BCUT2D eigenvalue weighted by Crippen LogP contribution is 2.19. The van der Waals surface area contributed by atoms with E-state index in [-0.39, 0.29) is 23.5 Å². The molecule has 1 aromatic heterocycles. The fourth-order valence-electron chi connectivity index (χ4n) is 3.30. The van der Waals surface area contributed by atoms with Gasteiger partial charge in [-0.2, -0.15) is 5.10 Å². The third kappa shape index (κ3) is 4.41. The molecule has 2 atom stereocenters. The van der Waals surface area contributed by atoms with E-state index >= 15 is 0 Å². The normalized spacial score (nSPS) is 19.1. The number of carbonyl (C=O) groups excluding carboxylic acids is 2. The van der Waals surface area contributed by atoms with Crippen molar-refractivity contribution in [2.45, 2.75) is 32.4 Å². The minimum atomic E-state index is -3.11. The molecule has 8 nitrogen and oxygen atoms in total. The lowest BCUT2D eigenvalue weighted by molar-refractivity contribution is -0.141. The predicted octanol–water partition coefficient (Wildman–Crippen LogP) is 1.45. The molecule has 1 fully saturated rings. The molecule has 0 radical (unpaired) electrons. The first-order valence-electron chi connectivity index (χ1n) is 9.12. The van der Waals surface area contributed by atoms with Gasteiger partial charge in [-0.1, -0.05) is 0 Å². The molecule has 1 aromatic carbocycles. The molecule has 0 aliphatic carbocycles. The number of benzene rings is 1. The Morgan fingerprint density at radius 1 is 1.32 bits per heavy atom. The zero-order chi connectivity index (χ0) is 20.3. The molecule has 1 saturated heterocycles. The molecule has 0 N–H and O–H groups in total. The molecule has 1 aliphatic heterocycles. The zero-order valence-corrected chi connectivity index (χ0v) is 16.6. The lowest BCUT2D eigenvalue weighted by atomic mass is 10.2. The number of aromatic nitrogens is 2. The number of carbonyl (C=O) groups is 2. The number of nitrogens with zero attached hydrogens (tertiary/aromatic N) is 3. The van der Waals surface area contributed by atoms with Crippen LogP contribution in [-0.2, 0) is 19.4 Å². The molecule has 0 spiro atoms. The second kappa shape index (κ2) is 8.14. The van der Waals surface area contributed by atoms with Gasteiger partial charge in [0.05, 0.1) is 22.8 Å². The third-order valence-corrected chi connectivity index (χ3v) is 6.53. The van der Waals surface area contributed by atoms with Crippen LogP contribution in [0, 0.1) is 0 Å². The van der Waals surface area contributed by atoms with Crippen molar-refractivity contribution < 1.29 is 22.7 Å². The summed E-state index contributed by atoms with van der Waals surface area (Å²) in [7, 11) is -3.11. The topological polar surface area (TPSA) is 98.6 Å². The van der Waals surface area contributed by atoms with Crippen LogP contribution in [0.15, 0.2) is 42.7 Å². The SMILES string of the molecule is CCN(C(=O)[C@H](C)OC(=O)c1ccc(-n2cccn2)cc1)[C@H]1CCS(=O)(=O)C1. The number of hydrogen-bond donors (Lipinski definition) is 0. The van der Waals surface area contributed by atoms with Gasteiger partial charge in [0.25, 0.3) is 5.91 Å². The lowest BCUT2D eigenvalue weighted by Gasteiger charge is -2.29. The van der Waals surface area contributed by atoms with Crippen molar-refractivity contribution in [1.29, 1.82) is 0 Å². The first kappa shape index (κ1) is 20.1. The van der Waals surface area contributed by atoms with Gasteiger partial charge in [0, 0.05) is 25.0 Å². The van der Waals surface area contributed by atoms with Gasteiger partial charge in [0.15, 0.2) is 15.9 Å². The summed E-state index contributed by atoms with van der Waals surface area (Å²) in [6, 6.07) is 8.12. The summed E-state index contributed by atoms with van der Waals surface area (Å²) >= 11 is 0. The van der Waals surface area contributed by atoms with Crippen LogP contribution in [-0.4, -0.2) is 65.2 Å². The van der Waals surface area contributed by atoms with Gasteiger partial charge in [0.1, 0.15) is 0 Å². The minimum Gasteiger partial charge on any atom is -0.449 e. The van der Waals surface area contributed by atoms with Crippen LogP contribution in [0.25, 0.3) is 5.69 Å². The number of rotatable bonds is 6. The Labute approximate surface area is 164 Å². The van der Waals surface area contributed by atoms with Gasteiger partial charge in [-0.15, -0.1) is 0 Å². The minimum absolute atomic E-state index is 0.0395. The van der Waals surface area contributed by atoms with Crippen molar-refractivity contribution >= 4 is 21.7 Å². The number of esters is 1. The highest BCUT2D eigenvalue weighted by Gasteiger charge is 2.36. The fourth-order valence-corrected chi connectivity index (χ4v) is 5.03. The molecule has 0 bridgehead atoms. The van der Waals surface area contributed by atoms with E-state index in [1.165, 1.54) is 11.8 Å². The average Bonchev–Trinajstić information content (AvgIpc) is 3.32. The van der Waals surface area contributed by atoms with Crippen molar-refractivity contribution in [2.75, 3.05) is 18.1 Å². The Morgan fingerprint density at radius 3 is 2.57 bits per heavy atom. The van der Waals surface area contributed by atoms with Gasteiger partial charge in [-0.3, -0.25) is 4.79 Å². The monoisotopic (exact) mass is 405 g/mol. The maximum absolute atomic E-state index is 12.7. The molecule has 2 heterocycles. The van der Waals surface area contributed by atoms with Gasteiger partial charge < -0.3 is 9.64 Å². The summed E-state index contributed by atoms with van der Waals surface area (Å²) in [4.78, 5) is 26.6. The lowest BCUT2D eigenvalue weighted by Crippen LogP contribution is -2.46. The molecule has 28 heavy (non-hydrogen) atoms. The van der Waals surface area contributed by atoms with Crippen molar-refractivity contribution in [3.05, 3.63) is 48.3 Å². The van der Waals surface area contributed by atoms with Crippen LogP contribution in [0.2, 0.25) is 0 Å². The van der Waals surface area contributed by atoms with E-state index in [1.54, 1.807) is 54.3 Å². The Morgan fingerprint density at radius 2 is 2.04 bits per heavy atom. The molecular formula is C19H23N3O5S. The standard InChI is InChI=1S/C19H23N3O5S/c1-3-21(17-9-12-28(25,26)13-17)18(23)14(2)27-19(24)15-5-7-16(8-6-15)22-11-4-10-20-22/h4-8,10-11,14,17H,3,9,12-13H2,1-2H3/t14-,17-/m0/s1. The second-order valence-electron chi connectivity index (χ2n) is 6.73. The number of likely N-dealkylation sites (N-methyl/N-ethyl adjacent to an activating group) is 1. The zero-order valence-electron chi connectivity index (χ0n) is 15.8. The predicted molar refractivity (Wildman–Crippen MR) is 103 cm³/mol. The quantitative estimate of drug-likeness (QED) is 0.675. The van der Waals surface area contributed by atoms with Gasteiger partial charge >= 0.3 is 5.97 Å². The van der Waals surface area contributed by atoms with E-state index in [1.807, 2.05) is 0 Å². The molecule has 3 rings (SSSR count). The number of amides is 1. The van der Waals surface area contributed by atoms with E-state index in [0.717, 1.165) is 5.69 Å². The van der Waals surface area contributed by atoms with Crippen LogP contribution in [0.4, 0.5) is 0 Å². The van der Waals surface area contributed by atoms with Crippen molar-refractivity contribution in [1.82, 2.24) is 14.7 Å².